The number of sulfonamides is 1. The molecule has 1 unspecified atom stereocenters. The lowest BCUT2D eigenvalue weighted by atomic mass is 9.93. The smallest absolute Gasteiger partial charge is 0.243 e. The number of piperidine rings is 1. The SMILES string of the molecule is COc1cc2ncnc(N3CCC(CCNS(=O)(=O)C(C)F)CC3)c2cc1OC. The minimum atomic E-state index is -3.86. The van der Waals surface area contributed by atoms with E-state index in [1.807, 2.05) is 12.1 Å². The number of fused-ring (bicyclic) bond motifs is 1. The van der Waals surface area contributed by atoms with Crippen molar-refractivity contribution in [2.75, 3.05) is 38.8 Å². The van der Waals surface area contributed by atoms with Crippen LogP contribution < -0.4 is 19.1 Å². The molecule has 1 aromatic carbocycles. The van der Waals surface area contributed by atoms with Gasteiger partial charge in [0.25, 0.3) is 0 Å². The second-order valence-electron chi connectivity index (χ2n) is 7.12. The average molecular weight is 427 g/mol. The third-order valence-corrected chi connectivity index (χ3v) is 6.78. The van der Waals surface area contributed by atoms with Gasteiger partial charge in [-0.05, 0) is 38.2 Å². The van der Waals surface area contributed by atoms with Crippen molar-refractivity contribution in [3.63, 3.8) is 0 Å². The van der Waals surface area contributed by atoms with Crippen molar-refractivity contribution < 1.29 is 22.3 Å². The first-order valence-electron chi connectivity index (χ1n) is 9.60. The topological polar surface area (TPSA) is 93.7 Å². The lowest BCUT2D eigenvalue weighted by Gasteiger charge is -2.33. The number of rotatable bonds is 8. The fourth-order valence-corrected chi connectivity index (χ4v) is 4.21. The molecule has 29 heavy (non-hydrogen) atoms. The third-order valence-electron chi connectivity index (χ3n) is 5.32. The molecule has 0 amide bonds. The molecule has 0 aliphatic carbocycles. The Balaban J connectivity index is 1.66. The van der Waals surface area contributed by atoms with E-state index in [1.54, 1.807) is 20.5 Å². The Hall–Kier alpha value is -2.20. The van der Waals surface area contributed by atoms with Crippen molar-refractivity contribution in [3.05, 3.63) is 18.5 Å². The summed E-state index contributed by atoms with van der Waals surface area (Å²) in [6.45, 7) is 2.89. The van der Waals surface area contributed by atoms with E-state index in [9.17, 15) is 12.8 Å². The highest BCUT2D eigenvalue weighted by Gasteiger charge is 2.24. The molecule has 0 bridgehead atoms. The van der Waals surface area contributed by atoms with Crippen LogP contribution >= 0.6 is 0 Å². The van der Waals surface area contributed by atoms with Crippen LogP contribution in [0.15, 0.2) is 18.5 Å². The molecule has 8 nitrogen and oxygen atoms in total. The van der Waals surface area contributed by atoms with Crippen LogP contribution in [0.1, 0.15) is 26.2 Å². The molecular formula is C19H27FN4O4S. The Kier molecular flexibility index (Phi) is 6.74. The molecule has 2 aromatic rings. The van der Waals surface area contributed by atoms with Crippen molar-refractivity contribution in [2.24, 2.45) is 5.92 Å². The van der Waals surface area contributed by atoms with Gasteiger partial charge in [-0.1, -0.05) is 0 Å². The van der Waals surface area contributed by atoms with Crippen molar-refractivity contribution in [2.45, 2.75) is 31.7 Å². The Bertz CT molecular complexity index is 947. The summed E-state index contributed by atoms with van der Waals surface area (Å²) in [4.78, 5) is 11.0. The molecule has 1 atom stereocenters. The molecule has 1 saturated heterocycles. The van der Waals surface area contributed by atoms with Gasteiger partial charge in [0.2, 0.25) is 15.5 Å². The minimum Gasteiger partial charge on any atom is -0.493 e. The molecule has 1 aliphatic heterocycles. The van der Waals surface area contributed by atoms with Gasteiger partial charge in [0.1, 0.15) is 12.1 Å². The normalized spacial score (nSPS) is 16.8. The van der Waals surface area contributed by atoms with E-state index in [0.717, 1.165) is 49.6 Å². The van der Waals surface area contributed by atoms with Crippen LogP contribution in [-0.4, -0.2) is 57.7 Å². The zero-order chi connectivity index (χ0) is 21.0. The summed E-state index contributed by atoms with van der Waals surface area (Å²) in [5.41, 5.74) is -1.12. The molecule has 0 saturated carbocycles. The number of benzene rings is 1. The molecule has 1 N–H and O–H groups in total. The highest BCUT2D eigenvalue weighted by atomic mass is 32.2. The lowest BCUT2D eigenvalue weighted by Crippen LogP contribution is -2.36. The highest BCUT2D eigenvalue weighted by molar-refractivity contribution is 7.89. The summed E-state index contributed by atoms with van der Waals surface area (Å²) in [6.07, 6.45) is 4.05. The number of nitrogens with zero attached hydrogens (tertiary/aromatic N) is 3. The van der Waals surface area contributed by atoms with Crippen LogP contribution in [-0.2, 0) is 10.0 Å². The number of ether oxygens (including phenoxy) is 2. The first-order chi connectivity index (χ1) is 13.9. The third kappa shape index (κ3) is 4.87. The van der Waals surface area contributed by atoms with E-state index in [1.165, 1.54) is 0 Å². The number of alkyl halides is 1. The molecule has 0 radical (unpaired) electrons. The predicted molar refractivity (Wildman–Crippen MR) is 110 cm³/mol. The first kappa shape index (κ1) is 21.5. The minimum absolute atomic E-state index is 0.259. The second kappa shape index (κ2) is 9.08. The van der Waals surface area contributed by atoms with E-state index in [-0.39, 0.29) is 6.54 Å². The summed E-state index contributed by atoms with van der Waals surface area (Å²) >= 11 is 0. The molecule has 3 rings (SSSR count). The van der Waals surface area contributed by atoms with Crippen LogP contribution in [0, 0.1) is 5.92 Å². The fraction of sp³-hybridized carbons (Fsp3) is 0.579. The maximum Gasteiger partial charge on any atom is 0.243 e. The van der Waals surface area contributed by atoms with Crippen molar-refractivity contribution in [3.8, 4) is 11.5 Å². The van der Waals surface area contributed by atoms with Gasteiger partial charge in [-0.25, -0.2) is 27.5 Å². The number of nitrogens with one attached hydrogen (secondary N) is 1. The van der Waals surface area contributed by atoms with Crippen LogP contribution in [0.3, 0.4) is 0 Å². The van der Waals surface area contributed by atoms with Gasteiger partial charge in [-0.2, -0.15) is 0 Å². The van der Waals surface area contributed by atoms with Crippen LogP contribution in [0.2, 0.25) is 0 Å². The molecule has 0 spiro atoms. The summed E-state index contributed by atoms with van der Waals surface area (Å²) in [7, 11) is -0.674. The van der Waals surface area contributed by atoms with Gasteiger partial charge in [0, 0.05) is 31.1 Å². The van der Waals surface area contributed by atoms with E-state index in [0.29, 0.717) is 23.8 Å². The summed E-state index contributed by atoms with van der Waals surface area (Å²) < 4.78 is 49.1. The monoisotopic (exact) mass is 426 g/mol. The van der Waals surface area contributed by atoms with Gasteiger partial charge in [0.05, 0.1) is 19.7 Å². The van der Waals surface area contributed by atoms with E-state index >= 15 is 0 Å². The summed E-state index contributed by atoms with van der Waals surface area (Å²) in [5.74, 6) is 2.47. The molecule has 2 heterocycles. The zero-order valence-electron chi connectivity index (χ0n) is 16.9. The Morgan fingerprint density at radius 1 is 1.21 bits per heavy atom. The van der Waals surface area contributed by atoms with E-state index in [2.05, 4.69) is 19.6 Å². The van der Waals surface area contributed by atoms with Gasteiger partial charge in [-0.3, -0.25) is 0 Å². The predicted octanol–water partition coefficient (Wildman–Crippen LogP) is 2.49. The van der Waals surface area contributed by atoms with E-state index < -0.39 is 15.5 Å². The summed E-state index contributed by atoms with van der Waals surface area (Å²) in [6, 6.07) is 3.73. The molecule has 10 heteroatoms. The van der Waals surface area contributed by atoms with Crippen LogP contribution in [0.25, 0.3) is 10.9 Å². The molecule has 1 aliphatic rings. The molecule has 160 valence electrons. The maximum absolute atomic E-state index is 13.0. The van der Waals surface area contributed by atoms with Crippen molar-refractivity contribution in [1.82, 2.24) is 14.7 Å². The Labute approximate surface area is 170 Å². The van der Waals surface area contributed by atoms with Gasteiger partial charge < -0.3 is 14.4 Å². The number of halogens is 1. The standard InChI is InChI=1S/C19H27FN4O4S/c1-13(20)29(25,26)23-7-4-14-5-8-24(9-6-14)19-15-10-17(27-2)18(28-3)11-16(15)21-12-22-19/h10-14,23H,4-9H2,1-3H3. The zero-order valence-corrected chi connectivity index (χ0v) is 17.7. The van der Waals surface area contributed by atoms with Gasteiger partial charge >= 0.3 is 0 Å². The lowest BCUT2D eigenvalue weighted by molar-refractivity contribution is 0.355. The fourth-order valence-electron chi connectivity index (χ4n) is 3.58. The summed E-state index contributed by atoms with van der Waals surface area (Å²) in [5, 5.41) is 0.897. The quantitative estimate of drug-likeness (QED) is 0.693. The molecule has 1 aromatic heterocycles. The average Bonchev–Trinajstić information content (AvgIpc) is 2.72. The van der Waals surface area contributed by atoms with Crippen LogP contribution in [0.5, 0.6) is 11.5 Å². The number of methoxy groups -OCH3 is 2. The largest absolute Gasteiger partial charge is 0.493 e. The maximum atomic E-state index is 13.0. The molecular weight excluding hydrogens is 399 g/mol. The Morgan fingerprint density at radius 2 is 1.86 bits per heavy atom. The van der Waals surface area contributed by atoms with Gasteiger partial charge in [-0.15, -0.1) is 0 Å². The second-order valence-corrected chi connectivity index (χ2v) is 9.15. The van der Waals surface area contributed by atoms with Crippen molar-refractivity contribution >= 4 is 26.7 Å². The molecule has 1 fully saturated rings. The number of aromatic nitrogens is 2. The van der Waals surface area contributed by atoms with Crippen molar-refractivity contribution in [1.29, 1.82) is 0 Å². The number of hydrogen-bond acceptors (Lipinski definition) is 7. The first-order valence-corrected chi connectivity index (χ1v) is 11.1. The van der Waals surface area contributed by atoms with E-state index in [4.69, 9.17) is 9.47 Å². The van der Waals surface area contributed by atoms with Crippen LogP contribution in [0.4, 0.5) is 10.2 Å². The number of hydrogen-bond donors (Lipinski definition) is 1. The Morgan fingerprint density at radius 3 is 2.48 bits per heavy atom. The number of anilines is 1. The highest BCUT2D eigenvalue weighted by Crippen LogP contribution is 2.35. The van der Waals surface area contributed by atoms with Gasteiger partial charge in [0.15, 0.2) is 11.5 Å².